The average Bonchev–Trinajstić information content (AvgIpc) is 2.74. The van der Waals surface area contributed by atoms with Crippen LogP contribution in [0.3, 0.4) is 0 Å². The van der Waals surface area contributed by atoms with E-state index >= 15 is 0 Å². The SMILES string of the molecule is CCn1cnc(S(=O)(=O)N(C)CCC(N)=S)c1. The van der Waals surface area contributed by atoms with Crippen LogP contribution >= 0.6 is 12.2 Å². The van der Waals surface area contributed by atoms with Crippen molar-refractivity contribution in [1.82, 2.24) is 13.9 Å². The highest BCUT2D eigenvalue weighted by Crippen LogP contribution is 2.11. The number of thiocarbonyl (C=S) groups is 1. The highest BCUT2D eigenvalue weighted by Gasteiger charge is 2.23. The normalized spacial score (nSPS) is 11.9. The molecule has 1 heterocycles. The Morgan fingerprint density at radius 3 is 2.76 bits per heavy atom. The maximum atomic E-state index is 12.0. The predicted molar refractivity (Wildman–Crippen MR) is 69.1 cm³/mol. The molecule has 0 spiro atoms. The zero-order valence-electron chi connectivity index (χ0n) is 9.83. The Morgan fingerprint density at radius 1 is 1.65 bits per heavy atom. The molecule has 0 unspecified atom stereocenters. The van der Waals surface area contributed by atoms with Crippen LogP contribution in [0.1, 0.15) is 13.3 Å². The second-order valence-corrected chi connectivity index (χ2v) is 6.10. The molecule has 0 saturated carbocycles. The van der Waals surface area contributed by atoms with E-state index in [9.17, 15) is 8.42 Å². The standard InChI is InChI=1S/C9H16N4O2S2/c1-3-13-6-9(11-7-13)17(14,15)12(2)5-4-8(10)16/h6-7H,3-5H2,1-2H3,(H2,10,16). The maximum absolute atomic E-state index is 12.0. The van der Waals surface area contributed by atoms with Gasteiger partial charge in [-0.15, -0.1) is 0 Å². The van der Waals surface area contributed by atoms with Crippen molar-refractivity contribution in [3.05, 3.63) is 12.5 Å². The fourth-order valence-corrected chi connectivity index (χ4v) is 2.38. The van der Waals surface area contributed by atoms with Crippen LogP contribution in [0, 0.1) is 0 Å². The zero-order chi connectivity index (χ0) is 13.1. The number of hydrogen-bond donors (Lipinski definition) is 1. The first-order valence-electron chi connectivity index (χ1n) is 5.14. The number of sulfonamides is 1. The van der Waals surface area contributed by atoms with Crippen LogP contribution in [-0.4, -0.2) is 40.9 Å². The van der Waals surface area contributed by atoms with Gasteiger partial charge in [0.1, 0.15) is 0 Å². The van der Waals surface area contributed by atoms with E-state index in [1.54, 1.807) is 4.57 Å². The van der Waals surface area contributed by atoms with Gasteiger partial charge < -0.3 is 10.3 Å². The van der Waals surface area contributed by atoms with Crippen LogP contribution in [0.25, 0.3) is 0 Å². The maximum Gasteiger partial charge on any atom is 0.261 e. The molecule has 96 valence electrons. The van der Waals surface area contributed by atoms with Gasteiger partial charge in [-0.05, 0) is 6.92 Å². The Bertz CT molecular complexity index is 495. The van der Waals surface area contributed by atoms with Crippen LogP contribution in [0.2, 0.25) is 0 Å². The Morgan fingerprint density at radius 2 is 2.29 bits per heavy atom. The largest absolute Gasteiger partial charge is 0.393 e. The third kappa shape index (κ3) is 3.48. The number of imidazole rings is 1. The fourth-order valence-electron chi connectivity index (χ4n) is 1.19. The van der Waals surface area contributed by atoms with Crippen molar-refractivity contribution < 1.29 is 8.42 Å². The molecule has 0 bridgehead atoms. The minimum Gasteiger partial charge on any atom is -0.393 e. The van der Waals surface area contributed by atoms with E-state index in [1.165, 1.54) is 23.9 Å². The Hall–Kier alpha value is -0.990. The molecule has 0 aliphatic carbocycles. The minimum atomic E-state index is -3.54. The average molecular weight is 276 g/mol. The van der Waals surface area contributed by atoms with Gasteiger partial charge in [0.05, 0.1) is 11.3 Å². The molecule has 0 radical (unpaired) electrons. The molecule has 1 rings (SSSR count). The molecule has 1 aromatic heterocycles. The van der Waals surface area contributed by atoms with E-state index < -0.39 is 10.0 Å². The van der Waals surface area contributed by atoms with Gasteiger partial charge in [-0.25, -0.2) is 13.4 Å². The molecule has 0 aromatic carbocycles. The van der Waals surface area contributed by atoms with E-state index in [4.69, 9.17) is 18.0 Å². The third-order valence-electron chi connectivity index (χ3n) is 2.32. The topological polar surface area (TPSA) is 81.2 Å². The number of aromatic nitrogens is 2. The summed E-state index contributed by atoms with van der Waals surface area (Å²) in [5.41, 5.74) is 5.34. The summed E-state index contributed by atoms with van der Waals surface area (Å²) in [6, 6.07) is 0. The lowest BCUT2D eigenvalue weighted by molar-refractivity contribution is 0.476. The molecule has 0 saturated heterocycles. The van der Waals surface area contributed by atoms with Crippen LogP contribution in [0.15, 0.2) is 17.6 Å². The third-order valence-corrected chi connectivity index (χ3v) is 4.27. The molecule has 1 aromatic rings. The summed E-state index contributed by atoms with van der Waals surface area (Å²) in [5.74, 6) is 0. The summed E-state index contributed by atoms with van der Waals surface area (Å²) >= 11 is 4.71. The van der Waals surface area contributed by atoms with Crippen LogP contribution < -0.4 is 5.73 Å². The Kier molecular flexibility index (Phi) is 4.61. The molecule has 2 N–H and O–H groups in total. The summed E-state index contributed by atoms with van der Waals surface area (Å²) in [4.78, 5) is 4.17. The molecule has 6 nitrogen and oxygen atoms in total. The molecule has 0 aliphatic heterocycles. The second kappa shape index (κ2) is 5.56. The highest BCUT2D eigenvalue weighted by molar-refractivity contribution is 7.89. The van der Waals surface area contributed by atoms with E-state index in [0.717, 1.165) is 0 Å². The number of rotatable bonds is 6. The number of aryl methyl sites for hydroxylation is 1. The summed E-state index contributed by atoms with van der Waals surface area (Å²) in [6.07, 6.45) is 3.36. The number of nitrogens with two attached hydrogens (primary N) is 1. The summed E-state index contributed by atoms with van der Waals surface area (Å²) in [5, 5.41) is 0.0461. The number of nitrogens with zero attached hydrogens (tertiary/aromatic N) is 3. The van der Waals surface area contributed by atoms with E-state index in [0.29, 0.717) is 18.0 Å². The minimum absolute atomic E-state index is 0.0461. The van der Waals surface area contributed by atoms with Gasteiger partial charge in [-0.3, -0.25) is 0 Å². The lowest BCUT2D eigenvalue weighted by Gasteiger charge is -2.14. The molecule has 0 aliphatic rings. The number of hydrogen-bond acceptors (Lipinski definition) is 4. The van der Waals surface area contributed by atoms with Crippen LogP contribution in [-0.2, 0) is 16.6 Å². The molecular formula is C9H16N4O2S2. The molecule has 0 fully saturated rings. The molecule has 0 atom stereocenters. The Labute approximate surface area is 106 Å². The van der Waals surface area contributed by atoms with Crippen molar-refractivity contribution in [2.75, 3.05) is 13.6 Å². The lowest BCUT2D eigenvalue weighted by atomic mass is 10.4. The highest BCUT2D eigenvalue weighted by atomic mass is 32.2. The summed E-state index contributed by atoms with van der Waals surface area (Å²) in [6.45, 7) is 2.85. The molecular weight excluding hydrogens is 260 g/mol. The zero-order valence-corrected chi connectivity index (χ0v) is 11.5. The van der Waals surface area contributed by atoms with E-state index in [1.807, 2.05) is 6.92 Å². The molecule has 17 heavy (non-hydrogen) atoms. The predicted octanol–water partition coefficient (Wildman–Crippen LogP) is 0.200. The van der Waals surface area contributed by atoms with Crippen molar-refractivity contribution in [3.63, 3.8) is 0 Å². The Balaban J connectivity index is 2.83. The quantitative estimate of drug-likeness (QED) is 0.751. The van der Waals surface area contributed by atoms with Crippen LogP contribution in [0.5, 0.6) is 0 Å². The molecule has 0 amide bonds. The van der Waals surface area contributed by atoms with Gasteiger partial charge in [0.25, 0.3) is 10.0 Å². The first kappa shape index (κ1) is 14.1. The monoisotopic (exact) mass is 276 g/mol. The first-order chi connectivity index (χ1) is 7.87. The van der Waals surface area contributed by atoms with Crippen molar-refractivity contribution in [3.8, 4) is 0 Å². The van der Waals surface area contributed by atoms with Gasteiger partial charge in [-0.2, -0.15) is 4.31 Å². The van der Waals surface area contributed by atoms with Crippen molar-refractivity contribution in [2.45, 2.75) is 24.9 Å². The van der Waals surface area contributed by atoms with Gasteiger partial charge in [0.15, 0.2) is 5.03 Å². The van der Waals surface area contributed by atoms with E-state index in [2.05, 4.69) is 4.98 Å². The summed E-state index contributed by atoms with van der Waals surface area (Å²) in [7, 11) is -2.05. The van der Waals surface area contributed by atoms with Gasteiger partial charge in [0, 0.05) is 32.8 Å². The first-order valence-corrected chi connectivity index (χ1v) is 6.99. The van der Waals surface area contributed by atoms with Gasteiger partial charge in [-0.1, -0.05) is 12.2 Å². The van der Waals surface area contributed by atoms with Gasteiger partial charge in [0.2, 0.25) is 0 Å². The van der Waals surface area contributed by atoms with Crippen molar-refractivity contribution >= 4 is 27.2 Å². The smallest absolute Gasteiger partial charge is 0.261 e. The fraction of sp³-hybridized carbons (Fsp3) is 0.556. The van der Waals surface area contributed by atoms with Crippen molar-refractivity contribution in [1.29, 1.82) is 0 Å². The second-order valence-electron chi connectivity index (χ2n) is 3.59. The van der Waals surface area contributed by atoms with Crippen LogP contribution in [0.4, 0.5) is 0 Å². The summed E-state index contributed by atoms with van der Waals surface area (Å²) < 4.78 is 27.0. The van der Waals surface area contributed by atoms with Gasteiger partial charge >= 0.3 is 0 Å². The van der Waals surface area contributed by atoms with E-state index in [-0.39, 0.29) is 11.6 Å². The van der Waals surface area contributed by atoms with Crippen molar-refractivity contribution in [2.24, 2.45) is 5.73 Å². The lowest BCUT2D eigenvalue weighted by Crippen LogP contribution is -2.30. The molecule has 8 heteroatoms.